The van der Waals surface area contributed by atoms with Gasteiger partial charge in [0.2, 0.25) is 5.89 Å². The predicted octanol–water partition coefficient (Wildman–Crippen LogP) is 0.757. The lowest BCUT2D eigenvalue weighted by Crippen LogP contribution is -2.39. The molecule has 128 valence electrons. The van der Waals surface area contributed by atoms with Crippen LogP contribution in [0.1, 0.15) is 18.1 Å². The SMILES string of the molecule is CN=C(NCCCOCCOC)NCCc1nc(C)no1.I. The van der Waals surface area contributed by atoms with Crippen LogP contribution in [-0.4, -0.2) is 63.2 Å². The summed E-state index contributed by atoms with van der Waals surface area (Å²) < 4.78 is 15.3. The molecule has 0 aromatic carbocycles. The van der Waals surface area contributed by atoms with Gasteiger partial charge in [0.25, 0.3) is 0 Å². The van der Waals surface area contributed by atoms with Crippen molar-refractivity contribution in [3.63, 3.8) is 0 Å². The zero-order valence-electron chi connectivity index (χ0n) is 13.4. The largest absolute Gasteiger partial charge is 0.382 e. The number of aromatic nitrogens is 2. The molecule has 0 aliphatic heterocycles. The van der Waals surface area contributed by atoms with E-state index in [0.29, 0.717) is 44.5 Å². The van der Waals surface area contributed by atoms with Crippen LogP contribution in [0.25, 0.3) is 0 Å². The van der Waals surface area contributed by atoms with Crippen LogP contribution in [0.3, 0.4) is 0 Å². The van der Waals surface area contributed by atoms with Crippen molar-refractivity contribution in [3.8, 4) is 0 Å². The van der Waals surface area contributed by atoms with Gasteiger partial charge in [-0.05, 0) is 13.3 Å². The van der Waals surface area contributed by atoms with Crippen LogP contribution in [0.5, 0.6) is 0 Å². The monoisotopic (exact) mass is 427 g/mol. The molecule has 0 bridgehead atoms. The standard InChI is InChI=1S/C13H25N5O3.HI/c1-11-17-12(21-18-11)5-7-16-13(14-2)15-6-4-8-20-10-9-19-3;/h4-10H2,1-3H3,(H2,14,15,16);1H. The zero-order chi connectivity index (χ0) is 15.3. The Bertz CT molecular complexity index is 414. The first-order valence-electron chi connectivity index (χ1n) is 7.06. The lowest BCUT2D eigenvalue weighted by atomic mass is 10.4. The van der Waals surface area contributed by atoms with Crippen molar-refractivity contribution in [1.29, 1.82) is 0 Å². The molecule has 8 nitrogen and oxygen atoms in total. The van der Waals surface area contributed by atoms with Crippen molar-refractivity contribution in [1.82, 2.24) is 20.8 Å². The molecule has 1 aromatic rings. The van der Waals surface area contributed by atoms with Gasteiger partial charge in [0.05, 0.1) is 13.2 Å². The van der Waals surface area contributed by atoms with Crippen molar-refractivity contribution in [2.75, 3.05) is 47.1 Å². The number of aliphatic imine (C=N–C) groups is 1. The molecule has 0 spiro atoms. The minimum absolute atomic E-state index is 0. The van der Waals surface area contributed by atoms with Crippen LogP contribution in [0.2, 0.25) is 0 Å². The Hall–Kier alpha value is -0.940. The first-order valence-corrected chi connectivity index (χ1v) is 7.06. The maximum Gasteiger partial charge on any atom is 0.228 e. The Labute approximate surface area is 148 Å². The smallest absolute Gasteiger partial charge is 0.228 e. The minimum Gasteiger partial charge on any atom is -0.382 e. The Balaban J connectivity index is 0.00000441. The quantitative estimate of drug-likeness (QED) is 0.247. The number of guanidine groups is 1. The summed E-state index contributed by atoms with van der Waals surface area (Å²) in [5, 5.41) is 10.1. The zero-order valence-corrected chi connectivity index (χ0v) is 15.8. The first kappa shape index (κ1) is 21.1. The van der Waals surface area contributed by atoms with E-state index in [-0.39, 0.29) is 24.0 Å². The average Bonchev–Trinajstić information content (AvgIpc) is 2.90. The van der Waals surface area contributed by atoms with Crippen molar-refractivity contribution < 1.29 is 14.0 Å². The third-order valence-corrected chi connectivity index (χ3v) is 2.61. The van der Waals surface area contributed by atoms with E-state index in [1.165, 1.54) is 0 Å². The van der Waals surface area contributed by atoms with E-state index in [1.54, 1.807) is 21.1 Å². The topological polar surface area (TPSA) is 93.8 Å². The van der Waals surface area contributed by atoms with Gasteiger partial charge in [-0.1, -0.05) is 5.16 Å². The number of ether oxygens (including phenoxy) is 2. The van der Waals surface area contributed by atoms with Crippen LogP contribution in [0.4, 0.5) is 0 Å². The van der Waals surface area contributed by atoms with Gasteiger partial charge >= 0.3 is 0 Å². The summed E-state index contributed by atoms with van der Waals surface area (Å²) in [5.74, 6) is 2.03. The second-order valence-corrected chi connectivity index (χ2v) is 4.37. The van der Waals surface area contributed by atoms with Gasteiger partial charge < -0.3 is 24.6 Å². The number of nitrogens with zero attached hydrogens (tertiary/aromatic N) is 3. The van der Waals surface area contributed by atoms with Gasteiger partial charge in [0, 0.05) is 40.3 Å². The molecule has 0 saturated heterocycles. The molecule has 0 radical (unpaired) electrons. The first-order chi connectivity index (χ1) is 10.3. The van der Waals surface area contributed by atoms with E-state index < -0.39 is 0 Å². The molecule has 0 aliphatic rings. The van der Waals surface area contributed by atoms with E-state index in [1.807, 2.05) is 0 Å². The van der Waals surface area contributed by atoms with Crippen molar-refractivity contribution in [3.05, 3.63) is 11.7 Å². The van der Waals surface area contributed by atoms with Gasteiger partial charge in [0.1, 0.15) is 0 Å². The molecule has 0 unspecified atom stereocenters. The highest BCUT2D eigenvalue weighted by atomic mass is 127. The molecule has 0 atom stereocenters. The summed E-state index contributed by atoms with van der Waals surface area (Å²) in [6.07, 6.45) is 1.58. The molecule has 2 N–H and O–H groups in total. The van der Waals surface area contributed by atoms with Crippen LogP contribution >= 0.6 is 24.0 Å². The Morgan fingerprint density at radius 3 is 2.64 bits per heavy atom. The summed E-state index contributed by atoms with van der Waals surface area (Å²) in [5.41, 5.74) is 0. The molecule has 0 fully saturated rings. The van der Waals surface area contributed by atoms with Crippen molar-refractivity contribution in [2.45, 2.75) is 19.8 Å². The number of halogens is 1. The molecule has 9 heteroatoms. The van der Waals surface area contributed by atoms with E-state index in [9.17, 15) is 0 Å². The van der Waals surface area contributed by atoms with Crippen LogP contribution < -0.4 is 10.6 Å². The van der Waals surface area contributed by atoms with Gasteiger partial charge in [-0.3, -0.25) is 4.99 Å². The molecule has 0 amide bonds. The normalized spacial score (nSPS) is 11.1. The van der Waals surface area contributed by atoms with Crippen molar-refractivity contribution in [2.24, 2.45) is 4.99 Å². The maximum atomic E-state index is 5.38. The maximum absolute atomic E-state index is 5.38. The second-order valence-electron chi connectivity index (χ2n) is 4.37. The molecule has 22 heavy (non-hydrogen) atoms. The third-order valence-electron chi connectivity index (χ3n) is 2.61. The fraction of sp³-hybridized carbons (Fsp3) is 0.769. The second kappa shape index (κ2) is 13.7. The Morgan fingerprint density at radius 2 is 2.00 bits per heavy atom. The number of aryl methyl sites for hydroxylation is 1. The molecule has 1 heterocycles. The van der Waals surface area contributed by atoms with Crippen LogP contribution in [0, 0.1) is 6.92 Å². The number of hydrogen-bond acceptors (Lipinski definition) is 6. The fourth-order valence-electron chi connectivity index (χ4n) is 1.58. The summed E-state index contributed by atoms with van der Waals surface area (Å²) in [7, 11) is 3.40. The van der Waals surface area contributed by atoms with Gasteiger partial charge in [-0.2, -0.15) is 4.98 Å². The fourth-order valence-corrected chi connectivity index (χ4v) is 1.58. The summed E-state index contributed by atoms with van der Waals surface area (Å²) in [4.78, 5) is 8.28. The Morgan fingerprint density at radius 1 is 1.23 bits per heavy atom. The predicted molar refractivity (Wildman–Crippen MR) is 94.8 cm³/mol. The highest BCUT2D eigenvalue weighted by Gasteiger charge is 2.03. The average molecular weight is 427 g/mol. The summed E-state index contributed by atoms with van der Waals surface area (Å²) in [6, 6.07) is 0. The van der Waals surface area contributed by atoms with E-state index in [2.05, 4.69) is 25.8 Å². The number of hydrogen-bond donors (Lipinski definition) is 2. The highest BCUT2D eigenvalue weighted by molar-refractivity contribution is 14.0. The molecule has 0 saturated carbocycles. The number of nitrogens with one attached hydrogen (secondary N) is 2. The van der Waals surface area contributed by atoms with E-state index in [0.717, 1.165) is 18.9 Å². The number of rotatable bonds is 10. The van der Waals surface area contributed by atoms with E-state index in [4.69, 9.17) is 14.0 Å². The molecule has 1 rings (SSSR count). The van der Waals surface area contributed by atoms with Gasteiger partial charge in [0.15, 0.2) is 11.8 Å². The summed E-state index contributed by atoms with van der Waals surface area (Å²) >= 11 is 0. The van der Waals surface area contributed by atoms with Crippen molar-refractivity contribution >= 4 is 29.9 Å². The molecule has 1 aromatic heterocycles. The lowest BCUT2D eigenvalue weighted by Gasteiger charge is -2.11. The third kappa shape index (κ3) is 9.90. The molecular formula is C13H26IN5O3. The highest BCUT2D eigenvalue weighted by Crippen LogP contribution is 1.95. The summed E-state index contributed by atoms with van der Waals surface area (Å²) in [6.45, 7) is 5.25. The van der Waals surface area contributed by atoms with Gasteiger partial charge in [-0.15, -0.1) is 24.0 Å². The van der Waals surface area contributed by atoms with E-state index >= 15 is 0 Å². The molecule has 0 aliphatic carbocycles. The van der Waals surface area contributed by atoms with Crippen LogP contribution in [0.15, 0.2) is 9.52 Å². The molecular weight excluding hydrogens is 401 g/mol. The van der Waals surface area contributed by atoms with Gasteiger partial charge in [-0.25, -0.2) is 0 Å². The van der Waals surface area contributed by atoms with Crippen LogP contribution in [-0.2, 0) is 15.9 Å². The lowest BCUT2D eigenvalue weighted by molar-refractivity contribution is 0.0698. The minimum atomic E-state index is 0. The Kier molecular flexibility index (Phi) is 13.1. The number of methoxy groups -OCH3 is 1.